The van der Waals surface area contributed by atoms with Gasteiger partial charge >= 0.3 is 5.97 Å². The monoisotopic (exact) mass is 256 g/mol. The van der Waals surface area contributed by atoms with E-state index >= 15 is 0 Å². The minimum atomic E-state index is -1.05. The van der Waals surface area contributed by atoms with Gasteiger partial charge in [-0.15, -0.1) is 0 Å². The number of halogens is 1. The van der Waals surface area contributed by atoms with Gasteiger partial charge in [0.1, 0.15) is 0 Å². The summed E-state index contributed by atoms with van der Waals surface area (Å²) in [7, 11) is 0. The molecule has 1 aromatic rings. The molecule has 0 aliphatic heterocycles. The Labute approximate surface area is 106 Å². The summed E-state index contributed by atoms with van der Waals surface area (Å²) in [6.07, 6.45) is 1.09. The van der Waals surface area contributed by atoms with Gasteiger partial charge in [0.05, 0.1) is 12.0 Å². The van der Waals surface area contributed by atoms with Gasteiger partial charge in [-0.25, -0.2) is 0 Å². The zero-order chi connectivity index (χ0) is 12.8. The van der Waals surface area contributed by atoms with E-state index in [4.69, 9.17) is 16.7 Å². The Kier molecular flexibility index (Phi) is 5.45. The van der Waals surface area contributed by atoms with Crippen molar-refractivity contribution in [3.05, 3.63) is 34.9 Å². The van der Waals surface area contributed by atoms with Gasteiger partial charge in [0.25, 0.3) is 0 Å². The van der Waals surface area contributed by atoms with Crippen molar-refractivity contribution in [2.45, 2.75) is 32.3 Å². The molecular formula is C13H17ClO3. The number of carboxylic acids is 1. The fraction of sp³-hybridized carbons (Fsp3) is 0.462. The highest BCUT2D eigenvalue weighted by atomic mass is 35.5. The molecule has 0 heterocycles. The van der Waals surface area contributed by atoms with Gasteiger partial charge in [0, 0.05) is 5.02 Å². The highest BCUT2D eigenvalue weighted by molar-refractivity contribution is 6.31. The standard InChI is InChI=1S/C13H17ClO3/c1-2-3-6-10(13(16)17)12(15)9-7-4-5-8-11(9)14/h4-5,7-8,10,12,15H,2-3,6H2,1H3,(H,16,17). The number of aliphatic carboxylic acids is 1. The second kappa shape index (κ2) is 6.62. The lowest BCUT2D eigenvalue weighted by molar-refractivity contribution is -0.146. The van der Waals surface area contributed by atoms with Crippen LogP contribution in [0.2, 0.25) is 5.02 Å². The van der Waals surface area contributed by atoms with Crippen LogP contribution in [0.3, 0.4) is 0 Å². The van der Waals surface area contributed by atoms with Crippen LogP contribution in [0.5, 0.6) is 0 Å². The number of aliphatic hydroxyl groups is 1. The summed E-state index contributed by atoms with van der Waals surface area (Å²) < 4.78 is 0. The molecule has 0 radical (unpaired) electrons. The Bertz CT molecular complexity index is 379. The van der Waals surface area contributed by atoms with E-state index in [1.165, 1.54) is 0 Å². The Morgan fingerprint density at radius 1 is 1.41 bits per heavy atom. The van der Waals surface area contributed by atoms with Gasteiger partial charge in [-0.05, 0) is 18.1 Å². The molecule has 0 aliphatic carbocycles. The maximum Gasteiger partial charge on any atom is 0.309 e. The number of carboxylic acid groups (broad SMARTS) is 1. The van der Waals surface area contributed by atoms with Crippen LogP contribution in [0.15, 0.2) is 24.3 Å². The third kappa shape index (κ3) is 3.72. The van der Waals surface area contributed by atoms with E-state index in [0.717, 1.165) is 12.8 Å². The molecule has 0 bridgehead atoms. The number of hydrogen-bond donors (Lipinski definition) is 2. The smallest absolute Gasteiger partial charge is 0.309 e. The Morgan fingerprint density at radius 2 is 2.06 bits per heavy atom. The largest absolute Gasteiger partial charge is 0.481 e. The van der Waals surface area contributed by atoms with Crippen LogP contribution in [0.1, 0.15) is 37.9 Å². The first-order chi connectivity index (χ1) is 8.07. The number of rotatable bonds is 6. The van der Waals surface area contributed by atoms with E-state index in [1.807, 2.05) is 6.92 Å². The van der Waals surface area contributed by atoms with Crippen LogP contribution in [0.4, 0.5) is 0 Å². The maximum absolute atomic E-state index is 11.1. The topological polar surface area (TPSA) is 57.5 Å². The summed E-state index contributed by atoms with van der Waals surface area (Å²) in [5.74, 6) is -1.78. The summed E-state index contributed by atoms with van der Waals surface area (Å²) >= 11 is 5.95. The molecule has 2 atom stereocenters. The predicted octanol–water partition coefficient (Wildman–Crippen LogP) is 3.26. The zero-order valence-electron chi connectivity index (χ0n) is 9.77. The first-order valence-corrected chi connectivity index (χ1v) is 6.11. The molecule has 1 rings (SSSR count). The van der Waals surface area contributed by atoms with Crippen molar-refractivity contribution in [1.82, 2.24) is 0 Å². The lowest BCUT2D eigenvalue weighted by atomic mass is 9.91. The van der Waals surface area contributed by atoms with Crippen molar-refractivity contribution in [2.75, 3.05) is 0 Å². The average molecular weight is 257 g/mol. The van der Waals surface area contributed by atoms with Gasteiger partial charge in [0.15, 0.2) is 0 Å². The first-order valence-electron chi connectivity index (χ1n) is 5.73. The second-order valence-corrected chi connectivity index (χ2v) is 4.46. The van der Waals surface area contributed by atoms with Crippen LogP contribution < -0.4 is 0 Å². The summed E-state index contributed by atoms with van der Waals surface area (Å²) in [5.41, 5.74) is 0.484. The van der Waals surface area contributed by atoms with Crippen LogP contribution in [-0.4, -0.2) is 16.2 Å². The normalized spacial score (nSPS) is 14.3. The van der Waals surface area contributed by atoms with Crippen molar-refractivity contribution in [1.29, 1.82) is 0 Å². The summed E-state index contributed by atoms with van der Waals surface area (Å²) in [6.45, 7) is 1.99. The fourth-order valence-corrected chi connectivity index (χ4v) is 2.02. The number of hydrogen-bond acceptors (Lipinski definition) is 2. The van der Waals surface area contributed by atoms with Crippen LogP contribution in [0.25, 0.3) is 0 Å². The van der Waals surface area contributed by atoms with E-state index in [2.05, 4.69) is 0 Å². The lowest BCUT2D eigenvalue weighted by Crippen LogP contribution is -2.22. The molecule has 0 saturated carbocycles. The molecule has 4 heteroatoms. The predicted molar refractivity (Wildman–Crippen MR) is 67.1 cm³/mol. The summed E-state index contributed by atoms with van der Waals surface area (Å²) in [4.78, 5) is 11.1. The number of benzene rings is 1. The molecular weight excluding hydrogens is 240 g/mol. The van der Waals surface area contributed by atoms with Crippen molar-refractivity contribution in [3.8, 4) is 0 Å². The van der Waals surface area contributed by atoms with Gasteiger partial charge in [-0.3, -0.25) is 4.79 Å². The van der Waals surface area contributed by atoms with E-state index in [9.17, 15) is 9.90 Å². The number of carbonyl (C=O) groups is 1. The van der Waals surface area contributed by atoms with Crippen molar-refractivity contribution in [2.24, 2.45) is 5.92 Å². The van der Waals surface area contributed by atoms with Gasteiger partial charge in [-0.1, -0.05) is 49.6 Å². The van der Waals surface area contributed by atoms with Gasteiger partial charge < -0.3 is 10.2 Å². The quantitative estimate of drug-likeness (QED) is 0.821. The molecule has 2 unspecified atom stereocenters. The molecule has 0 saturated heterocycles. The number of aliphatic hydroxyl groups excluding tert-OH is 1. The zero-order valence-corrected chi connectivity index (χ0v) is 10.5. The van der Waals surface area contributed by atoms with E-state index in [0.29, 0.717) is 17.0 Å². The molecule has 0 aromatic heterocycles. The van der Waals surface area contributed by atoms with Gasteiger partial charge in [-0.2, -0.15) is 0 Å². The van der Waals surface area contributed by atoms with Crippen LogP contribution >= 0.6 is 11.6 Å². The molecule has 17 heavy (non-hydrogen) atoms. The summed E-state index contributed by atoms with van der Waals surface area (Å²) in [5, 5.41) is 19.6. The highest BCUT2D eigenvalue weighted by Crippen LogP contribution is 2.31. The second-order valence-electron chi connectivity index (χ2n) is 4.05. The Balaban J connectivity index is 2.88. The third-order valence-corrected chi connectivity index (χ3v) is 3.14. The van der Waals surface area contributed by atoms with Crippen LogP contribution in [-0.2, 0) is 4.79 Å². The fourth-order valence-electron chi connectivity index (χ4n) is 1.77. The molecule has 2 N–H and O–H groups in total. The lowest BCUT2D eigenvalue weighted by Gasteiger charge is -2.20. The first kappa shape index (κ1) is 14.0. The maximum atomic E-state index is 11.1. The molecule has 1 aromatic carbocycles. The van der Waals surface area contributed by atoms with Crippen LogP contribution in [0, 0.1) is 5.92 Å². The van der Waals surface area contributed by atoms with Gasteiger partial charge in [0.2, 0.25) is 0 Å². The molecule has 0 aliphatic rings. The van der Waals surface area contributed by atoms with E-state index in [-0.39, 0.29) is 0 Å². The SMILES string of the molecule is CCCCC(C(=O)O)C(O)c1ccccc1Cl. The number of unbranched alkanes of at least 4 members (excludes halogenated alkanes) is 1. The molecule has 0 spiro atoms. The molecule has 3 nitrogen and oxygen atoms in total. The third-order valence-electron chi connectivity index (χ3n) is 2.79. The van der Waals surface area contributed by atoms with Crippen molar-refractivity contribution < 1.29 is 15.0 Å². The minimum Gasteiger partial charge on any atom is -0.481 e. The Morgan fingerprint density at radius 3 is 2.59 bits per heavy atom. The highest BCUT2D eigenvalue weighted by Gasteiger charge is 2.28. The van der Waals surface area contributed by atoms with Crippen molar-refractivity contribution >= 4 is 17.6 Å². The molecule has 0 fully saturated rings. The molecule has 0 amide bonds. The average Bonchev–Trinajstić information content (AvgIpc) is 2.29. The summed E-state index contributed by atoms with van der Waals surface area (Å²) in [6, 6.07) is 6.80. The van der Waals surface area contributed by atoms with E-state index < -0.39 is 18.0 Å². The Hall–Kier alpha value is -1.06. The van der Waals surface area contributed by atoms with E-state index in [1.54, 1.807) is 24.3 Å². The van der Waals surface area contributed by atoms with Crippen molar-refractivity contribution in [3.63, 3.8) is 0 Å². The minimum absolute atomic E-state index is 0.405. The molecule has 94 valence electrons.